The van der Waals surface area contributed by atoms with Crippen LogP contribution in [0, 0.1) is 0 Å². The molecule has 2 heterocycles. The van der Waals surface area contributed by atoms with E-state index < -0.39 is 6.10 Å². The van der Waals surface area contributed by atoms with Crippen molar-refractivity contribution in [2.45, 2.75) is 25.4 Å². The molecule has 1 aromatic carbocycles. The number of aliphatic hydroxyl groups is 1. The minimum atomic E-state index is -0.742. The molecule has 25 heavy (non-hydrogen) atoms. The van der Waals surface area contributed by atoms with E-state index >= 15 is 0 Å². The topological polar surface area (TPSA) is 92.9 Å². The van der Waals surface area contributed by atoms with Crippen LogP contribution in [0.4, 0.5) is 0 Å². The summed E-state index contributed by atoms with van der Waals surface area (Å²) in [6.45, 7) is 0.155. The summed E-state index contributed by atoms with van der Waals surface area (Å²) >= 11 is 1.56. The summed E-state index contributed by atoms with van der Waals surface area (Å²) in [5.41, 5.74) is 2.49. The molecule has 1 aliphatic carbocycles. The largest absolute Gasteiger partial charge is 0.387 e. The molecule has 0 saturated carbocycles. The molecule has 7 nitrogen and oxygen atoms in total. The van der Waals surface area contributed by atoms with Gasteiger partial charge in [-0.1, -0.05) is 30.3 Å². The van der Waals surface area contributed by atoms with E-state index in [2.05, 4.69) is 20.8 Å². The molecular formula is C17H17N5O2S. The second-order valence-electron chi connectivity index (χ2n) is 5.93. The third kappa shape index (κ3) is 3.06. The molecule has 1 amide bonds. The molecule has 1 atom stereocenters. The van der Waals surface area contributed by atoms with Crippen LogP contribution in [0.3, 0.4) is 0 Å². The van der Waals surface area contributed by atoms with Crippen molar-refractivity contribution in [3.8, 4) is 5.00 Å². The van der Waals surface area contributed by atoms with Crippen LogP contribution in [0.1, 0.15) is 38.9 Å². The lowest BCUT2D eigenvalue weighted by Gasteiger charge is -2.13. The van der Waals surface area contributed by atoms with E-state index in [1.165, 1.54) is 15.9 Å². The normalized spacial score (nSPS) is 14.3. The van der Waals surface area contributed by atoms with Gasteiger partial charge in [-0.3, -0.25) is 4.79 Å². The highest BCUT2D eigenvalue weighted by Gasteiger charge is 2.28. The van der Waals surface area contributed by atoms with Crippen LogP contribution in [0.2, 0.25) is 0 Å². The third-order valence-corrected chi connectivity index (χ3v) is 5.61. The van der Waals surface area contributed by atoms with E-state index in [0.29, 0.717) is 5.56 Å². The number of hydrogen-bond donors (Lipinski definition) is 2. The number of rotatable bonds is 5. The molecule has 2 N–H and O–H groups in total. The fraction of sp³-hybridized carbons (Fsp3) is 0.294. The Kier molecular flexibility index (Phi) is 4.29. The molecule has 1 unspecified atom stereocenters. The maximum absolute atomic E-state index is 12.8. The van der Waals surface area contributed by atoms with Crippen molar-refractivity contribution in [1.29, 1.82) is 0 Å². The van der Waals surface area contributed by atoms with Gasteiger partial charge in [-0.05, 0) is 40.8 Å². The zero-order chi connectivity index (χ0) is 17.2. The molecule has 128 valence electrons. The highest BCUT2D eigenvalue weighted by atomic mass is 32.1. The lowest BCUT2D eigenvalue weighted by atomic mass is 10.1. The van der Waals surface area contributed by atoms with Gasteiger partial charge >= 0.3 is 0 Å². The van der Waals surface area contributed by atoms with Crippen molar-refractivity contribution in [3.05, 3.63) is 58.2 Å². The number of thiophene rings is 1. The van der Waals surface area contributed by atoms with Gasteiger partial charge in [0.1, 0.15) is 11.3 Å². The molecule has 0 spiro atoms. The quantitative estimate of drug-likeness (QED) is 0.726. The van der Waals surface area contributed by atoms with Crippen LogP contribution < -0.4 is 5.32 Å². The monoisotopic (exact) mass is 355 g/mol. The van der Waals surface area contributed by atoms with Crippen LogP contribution in [-0.2, 0) is 12.8 Å². The van der Waals surface area contributed by atoms with Gasteiger partial charge in [0.25, 0.3) is 5.91 Å². The molecule has 8 heteroatoms. The van der Waals surface area contributed by atoms with Crippen LogP contribution in [-0.4, -0.2) is 37.8 Å². The van der Waals surface area contributed by atoms with Gasteiger partial charge in [0.15, 0.2) is 0 Å². The fourth-order valence-electron chi connectivity index (χ4n) is 3.11. The summed E-state index contributed by atoms with van der Waals surface area (Å²) in [5, 5.41) is 25.1. The van der Waals surface area contributed by atoms with E-state index in [4.69, 9.17) is 0 Å². The van der Waals surface area contributed by atoms with E-state index in [9.17, 15) is 9.90 Å². The number of amides is 1. The Morgan fingerprint density at radius 2 is 2.16 bits per heavy atom. The van der Waals surface area contributed by atoms with Gasteiger partial charge in [-0.2, -0.15) is 4.68 Å². The first-order valence-electron chi connectivity index (χ1n) is 8.13. The molecule has 3 aromatic rings. The number of benzene rings is 1. The smallest absolute Gasteiger partial charge is 0.254 e. The summed E-state index contributed by atoms with van der Waals surface area (Å²) < 4.78 is 1.53. The Hall–Kier alpha value is -2.58. The Morgan fingerprint density at radius 1 is 1.32 bits per heavy atom. The van der Waals surface area contributed by atoms with Crippen molar-refractivity contribution < 1.29 is 9.90 Å². The number of carbonyl (C=O) groups excluding carboxylic acids is 1. The van der Waals surface area contributed by atoms with Crippen LogP contribution >= 0.6 is 11.3 Å². The number of nitrogens with one attached hydrogen (secondary N) is 1. The number of nitrogens with zero attached hydrogens (tertiary/aromatic N) is 4. The molecular weight excluding hydrogens is 338 g/mol. The summed E-state index contributed by atoms with van der Waals surface area (Å²) in [7, 11) is 0. The Morgan fingerprint density at radius 3 is 2.92 bits per heavy atom. The standard InChI is InChI=1S/C17H17N5O2S/c23-13(11-5-2-1-3-6-11)9-18-16(24)15-12-7-4-8-14(12)25-17(15)22-10-19-20-21-22/h1-3,5-6,10,13,23H,4,7-9H2,(H,18,24). The number of aryl methyl sites for hydroxylation is 1. The van der Waals surface area contributed by atoms with Crippen molar-refractivity contribution in [2.75, 3.05) is 6.54 Å². The van der Waals surface area contributed by atoms with Crippen LogP contribution in [0.25, 0.3) is 5.00 Å². The number of carbonyl (C=O) groups is 1. The second-order valence-corrected chi connectivity index (χ2v) is 7.01. The van der Waals surface area contributed by atoms with Gasteiger partial charge in [0.05, 0.1) is 11.7 Å². The molecule has 0 radical (unpaired) electrons. The fourth-order valence-corrected chi connectivity index (χ4v) is 4.41. The predicted molar refractivity (Wildman–Crippen MR) is 92.8 cm³/mol. The van der Waals surface area contributed by atoms with Gasteiger partial charge in [0, 0.05) is 11.4 Å². The summed E-state index contributed by atoms with van der Waals surface area (Å²) in [6.07, 6.45) is 3.68. The SMILES string of the molecule is O=C(NCC(O)c1ccccc1)c1c(-n2cnnn2)sc2c1CCC2. The van der Waals surface area contributed by atoms with E-state index in [1.54, 1.807) is 11.3 Å². The lowest BCUT2D eigenvalue weighted by Crippen LogP contribution is -2.29. The zero-order valence-corrected chi connectivity index (χ0v) is 14.2. The lowest BCUT2D eigenvalue weighted by molar-refractivity contribution is 0.0916. The summed E-state index contributed by atoms with van der Waals surface area (Å²) in [5.74, 6) is -0.195. The molecule has 4 rings (SSSR count). The molecule has 0 bridgehead atoms. The van der Waals surface area contributed by atoms with Crippen LogP contribution in [0.15, 0.2) is 36.7 Å². The first-order valence-corrected chi connectivity index (χ1v) is 8.95. The Bertz CT molecular complexity index is 876. The molecule has 0 aliphatic heterocycles. The molecule has 0 fully saturated rings. The minimum Gasteiger partial charge on any atom is -0.387 e. The third-order valence-electron chi connectivity index (χ3n) is 4.33. The summed E-state index contributed by atoms with van der Waals surface area (Å²) in [4.78, 5) is 14.0. The predicted octanol–water partition coefficient (Wildman–Crippen LogP) is 1.68. The maximum atomic E-state index is 12.8. The van der Waals surface area contributed by atoms with Gasteiger partial charge < -0.3 is 10.4 Å². The number of hydrogen-bond acceptors (Lipinski definition) is 6. The van der Waals surface area contributed by atoms with Crippen molar-refractivity contribution in [2.24, 2.45) is 0 Å². The Balaban J connectivity index is 1.56. The minimum absolute atomic E-state index is 0.155. The second kappa shape index (κ2) is 6.73. The first kappa shape index (κ1) is 15.9. The average molecular weight is 355 g/mol. The van der Waals surface area contributed by atoms with E-state index in [1.807, 2.05) is 30.3 Å². The Labute approximate surface area is 148 Å². The van der Waals surface area contributed by atoms with Gasteiger partial charge in [0.2, 0.25) is 0 Å². The molecule has 0 saturated heterocycles. The van der Waals surface area contributed by atoms with Crippen molar-refractivity contribution in [1.82, 2.24) is 25.5 Å². The summed E-state index contributed by atoms with van der Waals surface area (Å²) in [6, 6.07) is 9.29. The molecule has 1 aliphatic rings. The van der Waals surface area contributed by atoms with Gasteiger partial charge in [-0.15, -0.1) is 16.4 Å². The van der Waals surface area contributed by atoms with Crippen molar-refractivity contribution in [3.63, 3.8) is 0 Å². The maximum Gasteiger partial charge on any atom is 0.254 e. The van der Waals surface area contributed by atoms with E-state index in [0.717, 1.165) is 35.4 Å². The zero-order valence-electron chi connectivity index (χ0n) is 13.4. The number of tetrazole rings is 1. The average Bonchev–Trinajstić information content (AvgIpc) is 3.35. The number of fused-ring (bicyclic) bond motifs is 1. The molecule has 2 aromatic heterocycles. The van der Waals surface area contributed by atoms with Crippen LogP contribution in [0.5, 0.6) is 0 Å². The van der Waals surface area contributed by atoms with Gasteiger partial charge in [-0.25, -0.2) is 0 Å². The highest BCUT2D eigenvalue weighted by Crippen LogP contribution is 2.37. The highest BCUT2D eigenvalue weighted by molar-refractivity contribution is 7.15. The van der Waals surface area contributed by atoms with E-state index in [-0.39, 0.29) is 12.5 Å². The number of aromatic nitrogens is 4. The first-order chi connectivity index (χ1) is 12.2. The van der Waals surface area contributed by atoms with Crippen molar-refractivity contribution >= 4 is 17.2 Å². The number of aliphatic hydroxyl groups excluding tert-OH is 1.